The van der Waals surface area contributed by atoms with Crippen molar-refractivity contribution in [2.75, 3.05) is 0 Å². The zero-order chi connectivity index (χ0) is 14.5. The van der Waals surface area contributed by atoms with Crippen LogP contribution in [0.15, 0.2) is 18.3 Å². The Morgan fingerprint density at radius 2 is 2.21 bits per heavy atom. The van der Waals surface area contributed by atoms with Crippen LogP contribution < -0.4 is 15.8 Å². The summed E-state index contributed by atoms with van der Waals surface area (Å²) in [7, 11) is 0. The molecule has 1 aromatic heterocycles. The molecule has 1 amide bonds. The molecule has 0 fully saturated rings. The quantitative estimate of drug-likeness (QED) is 0.819. The van der Waals surface area contributed by atoms with Gasteiger partial charge in [0.1, 0.15) is 5.75 Å². The van der Waals surface area contributed by atoms with Crippen molar-refractivity contribution in [2.24, 2.45) is 5.73 Å². The molecule has 0 bridgehead atoms. The summed E-state index contributed by atoms with van der Waals surface area (Å²) in [5.41, 5.74) is 6.03. The number of rotatable bonds is 6. The van der Waals surface area contributed by atoms with Gasteiger partial charge in [-0.2, -0.15) is 0 Å². The molecule has 0 aliphatic carbocycles. The molecule has 0 saturated heterocycles. The Balaban J connectivity index is 2.58. The summed E-state index contributed by atoms with van der Waals surface area (Å²) in [5, 5.41) is 2.94. The molecule has 3 N–H and O–H groups in total. The Kier molecular flexibility index (Phi) is 5.30. The number of ether oxygens (including phenoxy) is 1. The van der Waals surface area contributed by atoms with Gasteiger partial charge in [0.05, 0.1) is 11.9 Å². The fourth-order valence-electron chi connectivity index (χ4n) is 1.38. The Morgan fingerprint density at radius 1 is 1.53 bits per heavy atom. The van der Waals surface area contributed by atoms with Gasteiger partial charge in [0, 0.05) is 12.1 Å². The van der Waals surface area contributed by atoms with Gasteiger partial charge in [-0.25, -0.2) is 0 Å². The van der Waals surface area contributed by atoms with Crippen LogP contribution in [0.2, 0.25) is 0 Å². The molecule has 1 aromatic rings. The Morgan fingerprint density at radius 3 is 2.68 bits per heavy atom. The Hall–Kier alpha value is -1.62. The third kappa shape index (κ3) is 4.87. The van der Waals surface area contributed by atoms with Crippen molar-refractivity contribution in [1.82, 2.24) is 10.3 Å². The maximum absolute atomic E-state index is 12.0. The number of nitrogens with two attached hydrogens (primary N) is 1. The predicted molar refractivity (Wildman–Crippen MR) is 74.7 cm³/mol. The fourth-order valence-corrected chi connectivity index (χ4v) is 1.38. The van der Waals surface area contributed by atoms with Gasteiger partial charge >= 0.3 is 0 Å². The highest BCUT2D eigenvalue weighted by Crippen LogP contribution is 2.13. The first-order valence-electron chi connectivity index (χ1n) is 6.51. The smallest absolute Gasteiger partial charge is 0.261 e. The number of carbonyl (C=O) groups is 1. The van der Waals surface area contributed by atoms with E-state index in [0.717, 1.165) is 12.1 Å². The SMILES string of the molecule is CCC(C)(C)NC(=O)C(C)Oc1ccc(CN)nc1. The second-order valence-corrected chi connectivity index (χ2v) is 5.18. The summed E-state index contributed by atoms with van der Waals surface area (Å²) in [4.78, 5) is 16.1. The lowest BCUT2D eigenvalue weighted by atomic mass is 10.0. The summed E-state index contributed by atoms with van der Waals surface area (Å²) in [6.45, 7) is 8.10. The van der Waals surface area contributed by atoms with E-state index in [2.05, 4.69) is 10.3 Å². The third-order valence-electron chi connectivity index (χ3n) is 3.03. The van der Waals surface area contributed by atoms with Crippen molar-refractivity contribution in [2.45, 2.75) is 52.3 Å². The number of pyridine rings is 1. The highest BCUT2D eigenvalue weighted by molar-refractivity contribution is 5.81. The molecule has 0 aliphatic heterocycles. The molecular formula is C14H23N3O2. The number of aromatic nitrogens is 1. The van der Waals surface area contributed by atoms with Crippen LogP contribution in [0, 0.1) is 0 Å². The van der Waals surface area contributed by atoms with Crippen molar-refractivity contribution in [3.63, 3.8) is 0 Å². The van der Waals surface area contributed by atoms with Crippen LogP contribution >= 0.6 is 0 Å². The lowest BCUT2D eigenvalue weighted by Gasteiger charge is -2.26. The first-order chi connectivity index (χ1) is 8.88. The van der Waals surface area contributed by atoms with Crippen LogP contribution in [-0.4, -0.2) is 22.5 Å². The van der Waals surface area contributed by atoms with E-state index in [1.165, 1.54) is 0 Å². The lowest BCUT2D eigenvalue weighted by molar-refractivity contribution is -0.128. The van der Waals surface area contributed by atoms with Gasteiger partial charge in [-0.1, -0.05) is 6.92 Å². The largest absolute Gasteiger partial charge is 0.479 e. The van der Waals surface area contributed by atoms with E-state index in [0.29, 0.717) is 12.3 Å². The maximum Gasteiger partial charge on any atom is 0.261 e. The monoisotopic (exact) mass is 265 g/mol. The molecule has 0 aromatic carbocycles. The minimum atomic E-state index is -0.559. The van der Waals surface area contributed by atoms with Gasteiger partial charge in [-0.05, 0) is 39.3 Å². The standard InChI is InChI=1S/C14H23N3O2/c1-5-14(3,4)17-13(18)10(2)19-12-7-6-11(8-15)16-9-12/h6-7,9-10H,5,8,15H2,1-4H3,(H,17,18). The third-order valence-corrected chi connectivity index (χ3v) is 3.03. The van der Waals surface area contributed by atoms with E-state index in [1.807, 2.05) is 20.8 Å². The Bertz CT molecular complexity index is 415. The second-order valence-electron chi connectivity index (χ2n) is 5.18. The Labute approximate surface area is 114 Å². The molecule has 0 spiro atoms. The molecule has 1 heterocycles. The van der Waals surface area contributed by atoms with Gasteiger partial charge in [0.2, 0.25) is 0 Å². The zero-order valence-corrected chi connectivity index (χ0v) is 12.1. The van der Waals surface area contributed by atoms with E-state index >= 15 is 0 Å². The van der Waals surface area contributed by atoms with E-state index < -0.39 is 6.10 Å². The van der Waals surface area contributed by atoms with Gasteiger partial charge < -0.3 is 15.8 Å². The molecule has 5 nitrogen and oxygen atoms in total. The number of hydrogen-bond acceptors (Lipinski definition) is 4. The predicted octanol–water partition coefficient (Wildman–Crippen LogP) is 1.61. The van der Waals surface area contributed by atoms with E-state index in [4.69, 9.17) is 10.5 Å². The van der Waals surface area contributed by atoms with Gasteiger partial charge in [-0.15, -0.1) is 0 Å². The fraction of sp³-hybridized carbons (Fsp3) is 0.571. The van der Waals surface area contributed by atoms with E-state index in [1.54, 1.807) is 25.3 Å². The normalized spacial score (nSPS) is 12.9. The summed E-state index contributed by atoms with van der Waals surface area (Å²) < 4.78 is 5.55. The number of nitrogens with one attached hydrogen (secondary N) is 1. The molecule has 106 valence electrons. The van der Waals surface area contributed by atoms with Crippen LogP contribution in [0.5, 0.6) is 5.75 Å². The van der Waals surface area contributed by atoms with E-state index in [9.17, 15) is 4.79 Å². The van der Waals surface area contributed by atoms with Crippen LogP contribution in [0.1, 0.15) is 39.8 Å². The van der Waals surface area contributed by atoms with Crippen LogP contribution in [-0.2, 0) is 11.3 Å². The lowest BCUT2D eigenvalue weighted by Crippen LogP contribution is -2.48. The minimum Gasteiger partial charge on any atom is -0.479 e. The molecule has 5 heteroatoms. The average Bonchev–Trinajstić information content (AvgIpc) is 2.39. The van der Waals surface area contributed by atoms with Crippen LogP contribution in [0.3, 0.4) is 0 Å². The zero-order valence-electron chi connectivity index (χ0n) is 12.1. The van der Waals surface area contributed by atoms with Crippen LogP contribution in [0.4, 0.5) is 0 Å². The number of nitrogens with zero attached hydrogens (tertiary/aromatic N) is 1. The number of amides is 1. The molecule has 1 rings (SSSR count). The maximum atomic E-state index is 12.0. The molecule has 1 unspecified atom stereocenters. The topological polar surface area (TPSA) is 77.2 Å². The van der Waals surface area contributed by atoms with Gasteiger partial charge in [0.25, 0.3) is 5.91 Å². The summed E-state index contributed by atoms with van der Waals surface area (Å²) >= 11 is 0. The summed E-state index contributed by atoms with van der Waals surface area (Å²) in [6, 6.07) is 3.56. The van der Waals surface area contributed by atoms with Crippen molar-refractivity contribution in [1.29, 1.82) is 0 Å². The molecular weight excluding hydrogens is 242 g/mol. The van der Waals surface area contributed by atoms with Crippen molar-refractivity contribution >= 4 is 5.91 Å². The second kappa shape index (κ2) is 6.52. The molecule has 0 saturated carbocycles. The first kappa shape index (κ1) is 15.4. The molecule has 1 atom stereocenters. The number of carbonyl (C=O) groups excluding carboxylic acids is 1. The molecule has 0 aliphatic rings. The molecule has 0 radical (unpaired) electrons. The van der Waals surface area contributed by atoms with Crippen molar-refractivity contribution in [3.8, 4) is 5.75 Å². The summed E-state index contributed by atoms with van der Waals surface area (Å²) in [6.07, 6.45) is 1.88. The number of hydrogen-bond donors (Lipinski definition) is 2. The summed E-state index contributed by atoms with van der Waals surface area (Å²) in [5.74, 6) is 0.434. The first-order valence-corrected chi connectivity index (χ1v) is 6.51. The highest BCUT2D eigenvalue weighted by Gasteiger charge is 2.22. The van der Waals surface area contributed by atoms with E-state index in [-0.39, 0.29) is 11.4 Å². The minimum absolute atomic E-state index is 0.130. The van der Waals surface area contributed by atoms with Gasteiger partial charge in [0.15, 0.2) is 6.10 Å². The average molecular weight is 265 g/mol. The van der Waals surface area contributed by atoms with Crippen molar-refractivity contribution < 1.29 is 9.53 Å². The highest BCUT2D eigenvalue weighted by atomic mass is 16.5. The van der Waals surface area contributed by atoms with Gasteiger partial charge in [-0.3, -0.25) is 9.78 Å². The van der Waals surface area contributed by atoms with Crippen molar-refractivity contribution in [3.05, 3.63) is 24.0 Å². The molecule has 19 heavy (non-hydrogen) atoms. The van der Waals surface area contributed by atoms with Crippen LogP contribution in [0.25, 0.3) is 0 Å².